The quantitative estimate of drug-likeness (QED) is 0.283. The number of aliphatic hydroxyl groups excluding tert-OH is 1. The minimum absolute atomic E-state index is 0.0253. The van der Waals surface area contributed by atoms with Crippen LogP contribution in [0.4, 0.5) is 0 Å². The number of hydrogen-bond donors (Lipinski definition) is 1. The molecule has 4 rings (SSSR count). The Morgan fingerprint density at radius 2 is 1.66 bits per heavy atom. The summed E-state index contributed by atoms with van der Waals surface area (Å²) in [4.78, 5) is 27.4. The van der Waals surface area contributed by atoms with Gasteiger partial charge in [-0.25, -0.2) is 0 Å². The average molecular weight is 474 g/mol. The second-order valence-corrected chi connectivity index (χ2v) is 8.06. The smallest absolute Gasteiger partial charge is 0.295 e. The fourth-order valence-corrected chi connectivity index (χ4v) is 4.06. The van der Waals surface area contributed by atoms with Gasteiger partial charge in [0.25, 0.3) is 11.7 Å². The Hall–Kier alpha value is -4.10. The van der Waals surface area contributed by atoms with E-state index in [1.54, 1.807) is 48.5 Å². The molecule has 1 fully saturated rings. The summed E-state index contributed by atoms with van der Waals surface area (Å²) < 4.78 is 16.3. The zero-order valence-corrected chi connectivity index (χ0v) is 19.6. The van der Waals surface area contributed by atoms with Gasteiger partial charge in [-0.1, -0.05) is 54.6 Å². The zero-order valence-electron chi connectivity index (χ0n) is 19.6. The molecular weight excluding hydrogens is 446 g/mol. The monoisotopic (exact) mass is 473 g/mol. The van der Waals surface area contributed by atoms with E-state index >= 15 is 0 Å². The van der Waals surface area contributed by atoms with Gasteiger partial charge in [-0.15, -0.1) is 0 Å². The fourth-order valence-electron chi connectivity index (χ4n) is 4.06. The Bertz CT molecular complexity index is 1220. The molecule has 0 radical (unpaired) electrons. The molecule has 0 aliphatic carbocycles. The van der Waals surface area contributed by atoms with Crippen molar-refractivity contribution in [1.82, 2.24) is 4.90 Å². The lowest BCUT2D eigenvalue weighted by Crippen LogP contribution is -2.32. The van der Waals surface area contributed by atoms with Gasteiger partial charge in [-0.05, 0) is 35.4 Å². The van der Waals surface area contributed by atoms with Gasteiger partial charge in [0.15, 0.2) is 0 Å². The van der Waals surface area contributed by atoms with E-state index in [1.165, 1.54) is 19.1 Å². The first-order valence-electron chi connectivity index (χ1n) is 11.2. The lowest BCUT2D eigenvalue weighted by atomic mass is 9.95. The van der Waals surface area contributed by atoms with Crippen LogP contribution in [0.2, 0.25) is 0 Å². The van der Waals surface area contributed by atoms with Gasteiger partial charge in [-0.3, -0.25) is 9.59 Å². The third-order valence-corrected chi connectivity index (χ3v) is 5.86. The van der Waals surface area contributed by atoms with E-state index < -0.39 is 17.7 Å². The van der Waals surface area contributed by atoms with Gasteiger partial charge in [0.05, 0.1) is 25.3 Å². The van der Waals surface area contributed by atoms with Crippen molar-refractivity contribution < 1.29 is 28.9 Å². The van der Waals surface area contributed by atoms with Crippen molar-refractivity contribution in [3.05, 3.63) is 101 Å². The fraction of sp³-hybridized carbons (Fsp3) is 0.214. The predicted molar refractivity (Wildman–Crippen MR) is 131 cm³/mol. The molecule has 0 saturated carbocycles. The van der Waals surface area contributed by atoms with E-state index in [2.05, 4.69) is 0 Å². The number of carbonyl (C=O) groups is 2. The molecule has 3 aromatic rings. The Morgan fingerprint density at radius 1 is 0.914 bits per heavy atom. The lowest BCUT2D eigenvalue weighted by Gasteiger charge is -2.25. The summed E-state index contributed by atoms with van der Waals surface area (Å²) in [7, 11) is 3.05. The molecule has 1 aliphatic heterocycles. The van der Waals surface area contributed by atoms with E-state index in [9.17, 15) is 14.7 Å². The standard InChI is InChI=1S/C28H27NO6/c1-33-16-15-29-25(20-11-13-22(14-12-20)35-18-19-7-4-3-5-8-19)24(27(31)28(29)32)26(30)21-9-6-10-23(17-21)34-2/h3-14,17,25,30H,15-16,18H2,1-2H3. The first kappa shape index (κ1) is 24.0. The number of nitrogens with zero attached hydrogens (tertiary/aromatic N) is 1. The molecule has 180 valence electrons. The SMILES string of the molecule is COCCN1C(=O)C(=O)C(=C(O)c2cccc(OC)c2)C1c1ccc(OCc2ccccc2)cc1. The minimum atomic E-state index is -0.764. The predicted octanol–water partition coefficient (Wildman–Crippen LogP) is 4.34. The molecule has 7 nitrogen and oxygen atoms in total. The van der Waals surface area contributed by atoms with E-state index in [0.717, 1.165) is 5.56 Å². The molecule has 1 atom stereocenters. The molecule has 0 bridgehead atoms. The Morgan fingerprint density at radius 3 is 2.34 bits per heavy atom. The molecular formula is C28H27NO6. The molecule has 35 heavy (non-hydrogen) atoms. The second-order valence-electron chi connectivity index (χ2n) is 8.06. The molecule has 1 saturated heterocycles. The van der Waals surface area contributed by atoms with E-state index in [1.807, 2.05) is 30.3 Å². The van der Waals surface area contributed by atoms with Crippen molar-refractivity contribution in [3.63, 3.8) is 0 Å². The highest BCUT2D eigenvalue weighted by atomic mass is 16.5. The maximum absolute atomic E-state index is 13.1. The molecule has 1 aliphatic rings. The Balaban J connectivity index is 1.68. The van der Waals surface area contributed by atoms with Gasteiger partial charge in [0, 0.05) is 19.2 Å². The number of carbonyl (C=O) groups excluding carboxylic acids is 2. The molecule has 1 heterocycles. The Labute approximate surface area is 204 Å². The number of methoxy groups -OCH3 is 2. The third-order valence-electron chi connectivity index (χ3n) is 5.86. The summed E-state index contributed by atoms with van der Waals surface area (Å²) in [5.41, 5.74) is 2.14. The van der Waals surface area contributed by atoms with Gasteiger partial charge in [-0.2, -0.15) is 0 Å². The number of aliphatic hydroxyl groups is 1. The maximum Gasteiger partial charge on any atom is 0.295 e. The van der Waals surface area contributed by atoms with Crippen LogP contribution in [0.15, 0.2) is 84.4 Å². The molecule has 1 amide bonds. The molecule has 1 unspecified atom stereocenters. The molecule has 0 spiro atoms. The average Bonchev–Trinajstić information content (AvgIpc) is 3.16. The molecule has 1 N–H and O–H groups in total. The number of hydrogen-bond acceptors (Lipinski definition) is 6. The number of amides is 1. The number of benzene rings is 3. The van der Waals surface area contributed by atoms with Crippen molar-refractivity contribution in [2.24, 2.45) is 0 Å². The van der Waals surface area contributed by atoms with Crippen LogP contribution in [0.5, 0.6) is 11.5 Å². The van der Waals surface area contributed by atoms with Crippen molar-refractivity contribution in [2.45, 2.75) is 12.6 Å². The van der Waals surface area contributed by atoms with Crippen LogP contribution >= 0.6 is 0 Å². The van der Waals surface area contributed by atoms with Gasteiger partial charge in [0.1, 0.15) is 23.9 Å². The van der Waals surface area contributed by atoms with E-state index in [4.69, 9.17) is 14.2 Å². The van der Waals surface area contributed by atoms with Crippen molar-refractivity contribution in [3.8, 4) is 11.5 Å². The molecule has 7 heteroatoms. The number of ether oxygens (including phenoxy) is 3. The van der Waals surface area contributed by atoms with E-state index in [0.29, 0.717) is 29.2 Å². The van der Waals surface area contributed by atoms with Crippen molar-refractivity contribution in [2.75, 3.05) is 27.4 Å². The topological polar surface area (TPSA) is 85.3 Å². The van der Waals surface area contributed by atoms with Crippen LogP contribution in [0.1, 0.15) is 22.7 Å². The number of Topliss-reactive ketones (excluding diaryl/α,β-unsaturated/α-hetero) is 1. The number of rotatable bonds is 9. The highest BCUT2D eigenvalue weighted by Gasteiger charge is 2.45. The summed E-state index contributed by atoms with van der Waals surface area (Å²) in [5.74, 6) is -0.494. The lowest BCUT2D eigenvalue weighted by molar-refractivity contribution is -0.140. The maximum atomic E-state index is 13.1. The number of ketones is 1. The van der Waals surface area contributed by atoms with Gasteiger partial charge >= 0.3 is 0 Å². The molecule has 0 aromatic heterocycles. The first-order chi connectivity index (χ1) is 17.0. The van der Waals surface area contributed by atoms with Crippen molar-refractivity contribution >= 4 is 17.4 Å². The summed E-state index contributed by atoms with van der Waals surface area (Å²) in [6, 6.07) is 23.0. The highest BCUT2D eigenvalue weighted by molar-refractivity contribution is 6.46. The van der Waals surface area contributed by atoms with Crippen LogP contribution < -0.4 is 9.47 Å². The summed E-state index contributed by atoms with van der Waals surface area (Å²) in [5, 5.41) is 11.1. The van der Waals surface area contributed by atoms with Crippen LogP contribution in [0.25, 0.3) is 5.76 Å². The highest BCUT2D eigenvalue weighted by Crippen LogP contribution is 2.40. The minimum Gasteiger partial charge on any atom is -0.507 e. The third kappa shape index (κ3) is 5.20. The Kier molecular flexibility index (Phi) is 7.48. The van der Waals surface area contributed by atoms with Crippen LogP contribution in [-0.4, -0.2) is 49.1 Å². The first-order valence-corrected chi connectivity index (χ1v) is 11.2. The van der Waals surface area contributed by atoms with E-state index in [-0.39, 0.29) is 24.5 Å². The zero-order chi connectivity index (χ0) is 24.8. The van der Waals surface area contributed by atoms with Crippen molar-refractivity contribution in [1.29, 1.82) is 0 Å². The molecule has 3 aromatic carbocycles. The van der Waals surface area contributed by atoms with Crippen LogP contribution in [0, 0.1) is 0 Å². The van der Waals surface area contributed by atoms with Crippen LogP contribution in [0.3, 0.4) is 0 Å². The largest absolute Gasteiger partial charge is 0.507 e. The van der Waals surface area contributed by atoms with Gasteiger partial charge < -0.3 is 24.2 Å². The normalized spacial score (nSPS) is 17.0. The summed E-state index contributed by atoms with van der Waals surface area (Å²) >= 11 is 0. The summed E-state index contributed by atoms with van der Waals surface area (Å²) in [6.07, 6.45) is 0. The van der Waals surface area contributed by atoms with Gasteiger partial charge in [0.2, 0.25) is 0 Å². The second kappa shape index (κ2) is 10.9. The number of likely N-dealkylation sites (tertiary alicyclic amines) is 1. The summed E-state index contributed by atoms with van der Waals surface area (Å²) in [6.45, 7) is 0.871. The van der Waals surface area contributed by atoms with Crippen LogP contribution in [-0.2, 0) is 20.9 Å².